The second-order valence-electron chi connectivity index (χ2n) is 4.25. The number of H-pyrrole nitrogens is 1. The predicted molar refractivity (Wildman–Crippen MR) is 65.5 cm³/mol. The standard InChI is InChI=1S/C13H15N3O/c1-2-4-10(5-3-1)13-11(7-15-16-13)6-14-12-8-17-9-12/h1-5,7,12,14H,6,8-9H2,(H,15,16). The molecule has 0 unspecified atom stereocenters. The first-order valence-corrected chi connectivity index (χ1v) is 5.82. The lowest BCUT2D eigenvalue weighted by Gasteiger charge is -2.26. The molecular formula is C13H15N3O. The average Bonchev–Trinajstić information content (AvgIpc) is 2.76. The lowest BCUT2D eigenvalue weighted by Crippen LogP contribution is -2.45. The van der Waals surface area contributed by atoms with Gasteiger partial charge in [0.15, 0.2) is 0 Å². The van der Waals surface area contributed by atoms with Crippen molar-refractivity contribution in [2.24, 2.45) is 0 Å². The first-order valence-electron chi connectivity index (χ1n) is 5.82. The molecule has 1 aliphatic rings. The van der Waals surface area contributed by atoms with E-state index < -0.39 is 0 Å². The van der Waals surface area contributed by atoms with Crippen LogP contribution >= 0.6 is 0 Å². The fourth-order valence-electron chi connectivity index (χ4n) is 1.91. The predicted octanol–water partition coefficient (Wildman–Crippen LogP) is 1.57. The number of aromatic nitrogens is 2. The highest BCUT2D eigenvalue weighted by atomic mass is 16.5. The number of hydrogen-bond donors (Lipinski definition) is 2. The summed E-state index contributed by atoms with van der Waals surface area (Å²) in [4.78, 5) is 0. The van der Waals surface area contributed by atoms with E-state index in [1.807, 2.05) is 24.4 Å². The van der Waals surface area contributed by atoms with Gasteiger partial charge in [0, 0.05) is 12.1 Å². The molecule has 0 radical (unpaired) electrons. The van der Waals surface area contributed by atoms with Gasteiger partial charge in [-0.2, -0.15) is 5.10 Å². The van der Waals surface area contributed by atoms with Crippen LogP contribution in [-0.4, -0.2) is 29.5 Å². The number of nitrogens with zero attached hydrogens (tertiary/aromatic N) is 1. The van der Waals surface area contributed by atoms with E-state index in [9.17, 15) is 0 Å². The van der Waals surface area contributed by atoms with Gasteiger partial charge in [-0.25, -0.2) is 0 Å². The Balaban J connectivity index is 1.74. The van der Waals surface area contributed by atoms with Gasteiger partial charge in [0.2, 0.25) is 0 Å². The highest BCUT2D eigenvalue weighted by molar-refractivity contribution is 5.62. The topological polar surface area (TPSA) is 49.9 Å². The molecule has 17 heavy (non-hydrogen) atoms. The van der Waals surface area contributed by atoms with Gasteiger partial charge in [0.05, 0.1) is 31.1 Å². The minimum Gasteiger partial charge on any atom is -0.378 e. The van der Waals surface area contributed by atoms with E-state index in [2.05, 4.69) is 27.6 Å². The molecule has 0 spiro atoms. The van der Waals surface area contributed by atoms with E-state index >= 15 is 0 Å². The molecule has 1 aromatic heterocycles. The van der Waals surface area contributed by atoms with E-state index in [1.165, 1.54) is 11.1 Å². The van der Waals surface area contributed by atoms with Crippen LogP contribution in [0.4, 0.5) is 0 Å². The molecule has 0 saturated carbocycles. The lowest BCUT2D eigenvalue weighted by atomic mass is 10.1. The van der Waals surface area contributed by atoms with Crippen LogP contribution in [0.1, 0.15) is 5.56 Å². The Hall–Kier alpha value is -1.65. The summed E-state index contributed by atoms with van der Waals surface area (Å²) in [5, 5.41) is 10.6. The number of rotatable bonds is 4. The first-order chi connectivity index (χ1) is 8.43. The Morgan fingerprint density at radius 2 is 2.12 bits per heavy atom. The van der Waals surface area contributed by atoms with Crippen LogP contribution < -0.4 is 5.32 Å². The fourth-order valence-corrected chi connectivity index (χ4v) is 1.91. The quantitative estimate of drug-likeness (QED) is 0.836. The number of ether oxygens (including phenoxy) is 1. The molecule has 1 saturated heterocycles. The summed E-state index contributed by atoms with van der Waals surface area (Å²) in [6, 6.07) is 10.8. The van der Waals surface area contributed by atoms with Crippen LogP contribution in [-0.2, 0) is 11.3 Å². The zero-order valence-electron chi connectivity index (χ0n) is 9.52. The third-order valence-electron chi connectivity index (χ3n) is 3.00. The molecule has 1 fully saturated rings. The van der Waals surface area contributed by atoms with Crippen molar-refractivity contribution in [2.75, 3.05) is 13.2 Å². The Kier molecular flexibility index (Phi) is 2.90. The molecule has 2 aromatic rings. The summed E-state index contributed by atoms with van der Waals surface area (Å²) >= 11 is 0. The molecular weight excluding hydrogens is 214 g/mol. The summed E-state index contributed by atoms with van der Waals surface area (Å²) in [5.41, 5.74) is 3.47. The second-order valence-corrected chi connectivity index (χ2v) is 4.25. The van der Waals surface area contributed by atoms with Crippen LogP contribution in [0.5, 0.6) is 0 Å². The Bertz CT molecular complexity index is 476. The molecule has 1 aromatic carbocycles. The Labute approximate surface area is 100 Å². The molecule has 4 nitrogen and oxygen atoms in total. The van der Waals surface area contributed by atoms with Crippen molar-refractivity contribution in [3.63, 3.8) is 0 Å². The number of nitrogens with one attached hydrogen (secondary N) is 2. The summed E-state index contributed by atoms with van der Waals surface area (Å²) in [5.74, 6) is 0. The van der Waals surface area contributed by atoms with Crippen LogP contribution in [0.25, 0.3) is 11.3 Å². The third kappa shape index (κ3) is 2.23. The van der Waals surface area contributed by atoms with Gasteiger partial charge in [-0.3, -0.25) is 5.10 Å². The molecule has 0 bridgehead atoms. The van der Waals surface area contributed by atoms with Gasteiger partial charge in [-0.05, 0) is 5.56 Å². The van der Waals surface area contributed by atoms with E-state index in [4.69, 9.17) is 4.74 Å². The molecule has 4 heteroatoms. The average molecular weight is 229 g/mol. The van der Waals surface area contributed by atoms with Crippen molar-refractivity contribution >= 4 is 0 Å². The molecule has 3 rings (SSSR count). The summed E-state index contributed by atoms with van der Waals surface area (Å²) in [6.07, 6.45) is 1.88. The molecule has 0 atom stereocenters. The fraction of sp³-hybridized carbons (Fsp3) is 0.308. The van der Waals surface area contributed by atoms with Gasteiger partial charge in [0.25, 0.3) is 0 Å². The summed E-state index contributed by atoms with van der Waals surface area (Å²) in [7, 11) is 0. The van der Waals surface area contributed by atoms with Crippen molar-refractivity contribution in [1.82, 2.24) is 15.5 Å². The van der Waals surface area contributed by atoms with E-state index in [1.54, 1.807) is 0 Å². The van der Waals surface area contributed by atoms with Gasteiger partial charge >= 0.3 is 0 Å². The molecule has 2 heterocycles. The molecule has 0 aliphatic carbocycles. The van der Waals surface area contributed by atoms with Crippen molar-refractivity contribution in [3.8, 4) is 11.3 Å². The first kappa shape index (κ1) is 10.5. The highest BCUT2D eigenvalue weighted by Gasteiger charge is 2.18. The van der Waals surface area contributed by atoms with Crippen LogP contribution in [0.3, 0.4) is 0 Å². The monoisotopic (exact) mass is 229 g/mol. The zero-order chi connectivity index (χ0) is 11.5. The van der Waals surface area contributed by atoms with Crippen molar-refractivity contribution < 1.29 is 4.74 Å². The Morgan fingerprint density at radius 1 is 1.29 bits per heavy atom. The maximum atomic E-state index is 5.13. The number of benzene rings is 1. The van der Waals surface area contributed by atoms with Crippen molar-refractivity contribution in [2.45, 2.75) is 12.6 Å². The smallest absolute Gasteiger partial charge is 0.0695 e. The van der Waals surface area contributed by atoms with Gasteiger partial charge in [0.1, 0.15) is 0 Å². The normalized spacial score (nSPS) is 15.8. The van der Waals surface area contributed by atoms with Crippen LogP contribution in [0.2, 0.25) is 0 Å². The summed E-state index contributed by atoms with van der Waals surface area (Å²) < 4.78 is 5.13. The maximum absolute atomic E-state index is 5.13. The minimum absolute atomic E-state index is 0.494. The molecule has 88 valence electrons. The number of aromatic amines is 1. The van der Waals surface area contributed by atoms with Crippen LogP contribution in [0, 0.1) is 0 Å². The van der Waals surface area contributed by atoms with E-state index in [0.29, 0.717) is 6.04 Å². The Morgan fingerprint density at radius 3 is 2.82 bits per heavy atom. The van der Waals surface area contributed by atoms with Gasteiger partial charge < -0.3 is 10.1 Å². The van der Waals surface area contributed by atoms with Gasteiger partial charge in [-0.15, -0.1) is 0 Å². The van der Waals surface area contributed by atoms with Gasteiger partial charge in [-0.1, -0.05) is 30.3 Å². The highest BCUT2D eigenvalue weighted by Crippen LogP contribution is 2.20. The number of hydrogen-bond acceptors (Lipinski definition) is 3. The van der Waals surface area contributed by atoms with Crippen LogP contribution in [0.15, 0.2) is 36.5 Å². The van der Waals surface area contributed by atoms with E-state index in [-0.39, 0.29) is 0 Å². The molecule has 1 aliphatic heterocycles. The zero-order valence-corrected chi connectivity index (χ0v) is 9.52. The summed E-state index contributed by atoms with van der Waals surface area (Å²) in [6.45, 7) is 2.46. The largest absolute Gasteiger partial charge is 0.378 e. The second kappa shape index (κ2) is 4.69. The third-order valence-corrected chi connectivity index (χ3v) is 3.00. The SMILES string of the molecule is c1ccc(-c2[nH]ncc2CNC2COC2)cc1. The maximum Gasteiger partial charge on any atom is 0.0695 e. The molecule has 2 N–H and O–H groups in total. The van der Waals surface area contributed by atoms with Crippen molar-refractivity contribution in [1.29, 1.82) is 0 Å². The van der Waals surface area contributed by atoms with Crippen molar-refractivity contribution in [3.05, 3.63) is 42.1 Å². The van der Waals surface area contributed by atoms with E-state index in [0.717, 1.165) is 25.5 Å². The lowest BCUT2D eigenvalue weighted by molar-refractivity contribution is -0.00576. The minimum atomic E-state index is 0.494. The molecule has 0 amide bonds.